The minimum atomic E-state index is 0.883. The Morgan fingerprint density at radius 3 is 1.89 bits per heavy atom. The topological polar surface area (TPSA) is 21.3 Å². The number of nitrogens with zero attached hydrogens (tertiary/aromatic N) is 2. The summed E-state index contributed by atoms with van der Waals surface area (Å²) in [5.74, 6) is 0. The van der Waals surface area contributed by atoms with Crippen LogP contribution in [0, 0.1) is 0 Å². The van der Waals surface area contributed by atoms with Gasteiger partial charge in [0.1, 0.15) is 11.2 Å². The number of furan rings is 1. The Bertz CT molecular complexity index is 3190. The van der Waals surface area contributed by atoms with Gasteiger partial charge in [-0.3, -0.25) is 0 Å². The Morgan fingerprint density at radius 2 is 1.04 bits per heavy atom. The molecule has 0 N–H and O–H groups in total. The lowest BCUT2D eigenvalue weighted by Gasteiger charge is -2.28. The molecule has 0 radical (unpaired) electrons. The lowest BCUT2D eigenvalue weighted by atomic mass is 9.97. The van der Waals surface area contributed by atoms with Gasteiger partial charge in [-0.2, -0.15) is 0 Å². The van der Waals surface area contributed by atoms with Gasteiger partial charge in [0.25, 0.3) is 0 Å². The molecule has 3 nitrogen and oxygen atoms in total. The fourth-order valence-electron chi connectivity index (χ4n) is 8.44. The molecule has 11 aromatic rings. The number of rotatable bonds is 6. The number of aromatic nitrogens is 1. The lowest BCUT2D eigenvalue weighted by Crippen LogP contribution is -2.11. The molecule has 3 heteroatoms. The summed E-state index contributed by atoms with van der Waals surface area (Å²) < 4.78 is 8.63. The van der Waals surface area contributed by atoms with E-state index in [1.54, 1.807) is 0 Å². The van der Waals surface area contributed by atoms with Gasteiger partial charge in [0.15, 0.2) is 0 Å². The standard InChI is InChI=1S/C52H34N2O/c1-3-13-36(14-4-1)42-17-7-10-20-47(42)53(41-30-32-51-46(34-41)43-18-9-12-22-50(43)55-51)40-28-25-35(26-29-40)38-24-23-37-27-31-49-52(45(37)33-38)44-19-8-11-21-48(44)54(49)39-15-5-2-6-16-39/h1-34H. The normalized spacial score (nSPS) is 11.6. The molecule has 0 fully saturated rings. The second-order valence-corrected chi connectivity index (χ2v) is 14.1. The highest BCUT2D eigenvalue weighted by molar-refractivity contribution is 6.22. The number of hydrogen-bond acceptors (Lipinski definition) is 2. The Labute approximate surface area is 318 Å². The van der Waals surface area contributed by atoms with E-state index in [4.69, 9.17) is 4.42 Å². The second-order valence-electron chi connectivity index (χ2n) is 14.1. The van der Waals surface area contributed by atoms with Crippen LogP contribution in [-0.2, 0) is 0 Å². The van der Waals surface area contributed by atoms with Crippen LogP contribution in [0.3, 0.4) is 0 Å². The molecule has 2 aromatic heterocycles. The molecule has 0 bridgehead atoms. The number of benzene rings is 9. The zero-order valence-electron chi connectivity index (χ0n) is 29.9. The fourth-order valence-corrected chi connectivity index (χ4v) is 8.44. The van der Waals surface area contributed by atoms with Crippen LogP contribution in [0.25, 0.3) is 82.5 Å². The van der Waals surface area contributed by atoms with Crippen LogP contribution in [-0.4, -0.2) is 4.57 Å². The predicted molar refractivity (Wildman–Crippen MR) is 231 cm³/mol. The Balaban J connectivity index is 1.07. The van der Waals surface area contributed by atoms with E-state index in [1.165, 1.54) is 55.0 Å². The summed E-state index contributed by atoms with van der Waals surface area (Å²) in [5.41, 5.74) is 13.3. The fraction of sp³-hybridized carbons (Fsp3) is 0. The van der Waals surface area contributed by atoms with Crippen LogP contribution in [0.5, 0.6) is 0 Å². The van der Waals surface area contributed by atoms with Crippen molar-refractivity contribution in [2.24, 2.45) is 0 Å². The van der Waals surface area contributed by atoms with Crippen molar-refractivity contribution < 1.29 is 4.42 Å². The average Bonchev–Trinajstić information content (AvgIpc) is 3.80. The van der Waals surface area contributed by atoms with E-state index in [-0.39, 0.29) is 0 Å². The number of hydrogen-bond donors (Lipinski definition) is 0. The van der Waals surface area contributed by atoms with Crippen molar-refractivity contribution in [2.75, 3.05) is 4.90 Å². The molecule has 0 aliphatic heterocycles. The first-order chi connectivity index (χ1) is 27.3. The minimum absolute atomic E-state index is 0.883. The van der Waals surface area contributed by atoms with Crippen molar-refractivity contribution in [3.05, 3.63) is 206 Å². The molecular formula is C52H34N2O. The molecule has 9 aromatic carbocycles. The van der Waals surface area contributed by atoms with Crippen LogP contribution < -0.4 is 4.90 Å². The molecule has 0 aliphatic carbocycles. The third-order valence-electron chi connectivity index (χ3n) is 11.0. The van der Waals surface area contributed by atoms with Crippen LogP contribution in [0.2, 0.25) is 0 Å². The van der Waals surface area contributed by atoms with Crippen molar-refractivity contribution in [1.82, 2.24) is 4.57 Å². The SMILES string of the molecule is c1ccc(-c2ccccc2N(c2ccc(-c3ccc4ccc5c(c4c3)c3ccccc3n5-c3ccccc3)cc2)c2ccc3oc4ccccc4c3c2)cc1. The highest BCUT2D eigenvalue weighted by atomic mass is 16.3. The number of fused-ring (bicyclic) bond motifs is 8. The molecule has 0 atom stereocenters. The van der Waals surface area contributed by atoms with E-state index < -0.39 is 0 Å². The van der Waals surface area contributed by atoms with E-state index in [9.17, 15) is 0 Å². The smallest absolute Gasteiger partial charge is 0.135 e. The summed E-state index contributed by atoms with van der Waals surface area (Å²) in [7, 11) is 0. The van der Waals surface area contributed by atoms with Crippen LogP contribution >= 0.6 is 0 Å². The zero-order chi connectivity index (χ0) is 36.3. The highest BCUT2D eigenvalue weighted by Crippen LogP contribution is 2.44. The van der Waals surface area contributed by atoms with Crippen LogP contribution in [0.1, 0.15) is 0 Å². The summed E-state index contributed by atoms with van der Waals surface area (Å²) in [6, 6.07) is 74.0. The van der Waals surface area contributed by atoms with Crippen molar-refractivity contribution in [2.45, 2.75) is 0 Å². The van der Waals surface area contributed by atoms with Gasteiger partial charge < -0.3 is 13.9 Å². The summed E-state index contributed by atoms with van der Waals surface area (Å²) in [6.07, 6.45) is 0. The monoisotopic (exact) mass is 702 g/mol. The van der Waals surface area contributed by atoms with Gasteiger partial charge in [0, 0.05) is 44.2 Å². The minimum Gasteiger partial charge on any atom is -0.456 e. The van der Waals surface area contributed by atoms with Crippen LogP contribution in [0.4, 0.5) is 17.1 Å². The van der Waals surface area contributed by atoms with E-state index in [0.717, 1.165) is 44.6 Å². The Morgan fingerprint density at radius 1 is 0.382 bits per heavy atom. The van der Waals surface area contributed by atoms with Crippen molar-refractivity contribution >= 4 is 71.6 Å². The van der Waals surface area contributed by atoms with Gasteiger partial charge in [0.05, 0.1) is 16.7 Å². The van der Waals surface area contributed by atoms with Crippen molar-refractivity contribution in [3.8, 4) is 27.9 Å². The molecule has 55 heavy (non-hydrogen) atoms. The zero-order valence-corrected chi connectivity index (χ0v) is 29.9. The number of anilines is 3. The maximum Gasteiger partial charge on any atom is 0.135 e. The maximum atomic E-state index is 6.24. The highest BCUT2D eigenvalue weighted by Gasteiger charge is 2.20. The van der Waals surface area contributed by atoms with Gasteiger partial charge in [-0.05, 0) is 100 Å². The predicted octanol–water partition coefficient (Wildman–Crippen LogP) is 14.6. The Hall–Kier alpha value is -7.36. The lowest BCUT2D eigenvalue weighted by molar-refractivity contribution is 0.669. The van der Waals surface area contributed by atoms with Gasteiger partial charge in [0.2, 0.25) is 0 Å². The Kier molecular flexibility index (Phi) is 7.17. The molecule has 11 rings (SSSR count). The molecule has 0 unspecified atom stereocenters. The summed E-state index contributed by atoms with van der Waals surface area (Å²) in [5, 5.41) is 7.24. The van der Waals surface area contributed by atoms with E-state index in [2.05, 4.69) is 204 Å². The third kappa shape index (κ3) is 5.13. The van der Waals surface area contributed by atoms with E-state index in [1.807, 2.05) is 12.1 Å². The molecule has 0 spiro atoms. The largest absolute Gasteiger partial charge is 0.456 e. The number of para-hydroxylation sites is 4. The van der Waals surface area contributed by atoms with Gasteiger partial charge in [-0.1, -0.05) is 133 Å². The molecule has 0 saturated heterocycles. The second kappa shape index (κ2) is 12.6. The maximum absolute atomic E-state index is 6.24. The van der Waals surface area contributed by atoms with E-state index in [0.29, 0.717) is 0 Å². The van der Waals surface area contributed by atoms with Crippen LogP contribution in [0.15, 0.2) is 211 Å². The van der Waals surface area contributed by atoms with Crippen molar-refractivity contribution in [1.29, 1.82) is 0 Å². The summed E-state index contributed by atoms with van der Waals surface area (Å²) in [6.45, 7) is 0. The van der Waals surface area contributed by atoms with Crippen molar-refractivity contribution in [3.63, 3.8) is 0 Å². The average molecular weight is 703 g/mol. The first-order valence-electron chi connectivity index (χ1n) is 18.8. The summed E-state index contributed by atoms with van der Waals surface area (Å²) in [4.78, 5) is 2.37. The third-order valence-corrected chi connectivity index (χ3v) is 11.0. The van der Waals surface area contributed by atoms with E-state index >= 15 is 0 Å². The first kappa shape index (κ1) is 31.2. The molecular weight excluding hydrogens is 669 g/mol. The van der Waals surface area contributed by atoms with Gasteiger partial charge in [-0.25, -0.2) is 0 Å². The molecule has 2 heterocycles. The first-order valence-corrected chi connectivity index (χ1v) is 18.8. The van der Waals surface area contributed by atoms with Gasteiger partial charge in [-0.15, -0.1) is 0 Å². The molecule has 258 valence electrons. The molecule has 0 aliphatic rings. The molecule has 0 amide bonds. The van der Waals surface area contributed by atoms with Gasteiger partial charge >= 0.3 is 0 Å². The summed E-state index contributed by atoms with van der Waals surface area (Å²) >= 11 is 0. The quantitative estimate of drug-likeness (QED) is 0.172. The molecule has 0 saturated carbocycles.